The summed E-state index contributed by atoms with van der Waals surface area (Å²) >= 11 is 0. The number of piperidine rings is 1. The molecule has 0 aromatic carbocycles. The van der Waals surface area contributed by atoms with E-state index in [2.05, 4.69) is 15.4 Å². The Bertz CT molecular complexity index is 491. The lowest BCUT2D eigenvalue weighted by molar-refractivity contribution is -0.190. The largest absolute Gasteiger partial charge is 0.396 e. The lowest BCUT2D eigenvalue weighted by atomic mass is 9.96. The normalized spacial score (nSPS) is 38.9. The maximum Gasteiger partial charge on any atom is 0.396 e. The zero-order valence-electron chi connectivity index (χ0n) is 10.2. The Hall–Kier alpha value is -0.380. The summed E-state index contributed by atoms with van der Waals surface area (Å²) in [6.07, 6.45) is -4.26. The molecule has 0 amide bonds. The molecular formula is C10H16F3N3O2S. The highest BCUT2D eigenvalue weighted by molar-refractivity contribution is 7.90. The van der Waals surface area contributed by atoms with Crippen LogP contribution in [-0.2, 0) is 10.0 Å². The van der Waals surface area contributed by atoms with E-state index in [-0.39, 0.29) is 26.1 Å². The van der Waals surface area contributed by atoms with E-state index in [1.165, 1.54) is 0 Å². The molecule has 0 spiro atoms. The van der Waals surface area contributed by atoms with Crippen LogP contribution in [0.25, 0.3) is 0 Å². The van der Waals surface area contributed by atoms with Crippen LogP contribution >= 0.6 is 0 Å². The van der Waals surface area contributed by atoms with Gasteiger partial charge >= 0.3 is 6.18 Å². The van der Waals surface area contributed by atoms with Crippen molar-refractivity contribution in [3.05, 3.63) is 0 Å². The van der Waals surface area contributed by atoms with Crippen molar-refractivity contribution in [3.8, 4) is 0 Å². The summed E-state index contributed by atoms with van der Waals surface area (Å²) < 4.78 is 65.2. The van der Waals surface area contributed by atoms with Gasteiger partial charge in [0.1, 0.15) is 5.25 Å². The lowest BCUT2D eigenvalue weighted by Crippen LogP contribution is -2.56. The molecule has 0 aromatic heterocycles. The van der Waals surface area contributed by atoms with E-state index in [1.54, 1.807) is 0 Å². The van der Waals surface area contributed by atoms with Gasteiger partial charge in [-0.15, -0.1) is 0 Å². The van der Waals surface area contributed by atoms with Gasteiger partial charge in [-0.3, -0.25) is 0 Å². The second kappa shape index (κ2) is 3.84. The van der Waals surface area contributed by atoms with Gasteiger partial charge in [-0.2, -0.15) is 13.2 Å². The molecule has 2 atom stereocenters. The summed E-state index contributed by atoms with van der Waals surface area (Å²) in [5, 5.41) is 5.06. The van der Waals surface area contributed by atoms with Gasteiger partial charge in [0, 0.05) is 38.1 Å². The van der Waals surface area contributed by atoms with Crippen molar-refractivity contribution in [2.45, 2.75) is 17.8 Å². The average molecular weight is 299 g/mol. The summed E-state index contributed by atoms with van der Waals surface area (Å²) in [5.41, 5.74) is -2.73. The number of fused-ring (bicyclic) bond motifs is 1. The Morgan fingerprint density at radius 3 is 2.37 bits per heavy atom. The Kier molecular flexibility index (Phi) is 2.74. The molecule has 0 aromatic rings. The molecule has 1 aliphatic carbocycles. The predicted octanol–water partition coefficient (Wildman–Crippen LogP) is -0.580. The standard InChI is InChI=1S/C10H16F3N3O2S/c11-10(12,13)9-3-8(9,4-15-6-9)5-16-19(17,18)7-1-14-2-7/h7,14-16H,1-6H2/t8-,9-/m0/s1. The van der Waals surface area contributed by atoms with E-state index in [0.29, 0.717) is 13.1 Å². The number of nitrogens with one attached hydrogen (secondary N) is 3. The molecule has 0 radical (unpaired) electrons. The third-order valence-corrected chi connectivity index (χ3v) is 6.52. The molecule has 5 nitrogen and oxygen atoms in total. The highest BCUT2D eigenvalue weighted by atomic mass is 32.2. The maximum atomic E-state index is 13.1. The van der Waals surface area contributed by atoms with Crippen LogP contribution in [0.15, 0.2) is 0 Å². The Morgan fingerprint density at radius 2 is 1.89 bits per heavy atom. The fourth-order valence-electron chi connectivity index (χ4n) is 3.16. The molecule has 3 rings (SSSR count). The van der Waals surface area contributed by atoms with Crippen LogP contribution in [0.2, 0.25) is 0 Å². The van der Waals surface area contributed by atoms with Crippen molar-refractivity contribution in [2.75, 3.05) is 32.7 Å². The third-order valence-electron chi connectivity index (χ3n) is 4.76. The molecule has 3 aliphatic rings. The minimum atomic E-state index is -4.28. The van der Waals surface area contributed by atoms with Crippen LogP contribution in [0, 0.1) is 10.8 Å². The van der Waals surface area contributed by atoms with Crippen LogP contribution in [0.5, 0.6) is 0 Å². The van der Waals surface area contributed by atoms with E-state index in [4.69, 9.17) is 0 Å². The van der Waals surface area contributed by atoms with Crippen LogP contribution in [0.3, 0.4) is 0 Å². The summed E-state index contributed by atoms with van der Waals surface area (Å²) in [5.74, 6) is 0. The van der Waals surface area contributed by atoms with Gasteiger partial charge in [0.2, 0.25) is 10.0 Å². The number of alkyl halides is 3. The monoisotopic (exact) mass is 299 g/mol. The zero-order chi connectivity index (χ0) is 13.9. The first-order valence-electron chi connectivity index (χ1n) is 6.19. The van der Waals surface area contributed by atoms with Gasteiger partial charge in [-0.1, -0.05) is 0 Å². The van der Waals surface area contributed by atoms with Crippen LogP contribution in [-0.4, -0.2) is 52.6 Å². The number of hydrogen-bond donors (Lipinski definition) is 3. The molecule has 3 fully saturated rings. The van der Waals surface area contributed by atoms with Gasteiger partial charge in [-0.25, -0.2) is 13.1 Å². The summed E-state index contributed by atoms with van der Waals surface area (Å²) in [6, 6.07) is 0. The van der Waals surface area contributed by atoms with E-state index < -0.39 is 32.3 Å². The van der Waals surface area contributed by atoms with Gasteiger partial charge in [-0.05, 0) is 6.42 Å². The van der Waals surface area contributed by atoms with E-state index in [9.17, 15) is 21.6 Å². The fraction of sp³-hybridized carbons (Fsp3) is 1.00. The molecule has 0 bridgehead atoms. The first-order valence-corrected chi connectivity index (χ1v) is 7.74. The highest BCUT2D eigenvalue weighted by Gasteiger charge is 2.81. The third kappa shape index (κ3) is 1.82. The van der Waals surface area contributed by atoms with E-state index >= 15 is 0 Å². The molecular weight excluding hydrogens is 283 g/mol. The molecule has 3 N–H and O–H groups in total. The molecule has 0 unspecified atom stereocenters. The summed E-state index contributed by atoms with van der Waals surface area (Å²) in [6.45, 7) is 0.718. The van der Waals surface area contributed by atoms with Crippen molar-refractivity contribution in [1.82, 2.24) is 15.4 Å². The van der Waals surface area contributed by atoms with Crippen LogP contribution < -0.4 is 15.4 Å². The van der Waals surface area contributed by atoms with Crippen molar-refractivity contribution < 1.29 is 21.6 Å². The second-order valence-corrected chi connectivity index (χ2v) is 7.83. The van der Waals surface area contributed by atoms with Crippen molar-refractivity contribution in [3.63, 3.8) is 0 Å². The Labute approximate surface area is 109 Å². The molecule has 2 saturated heterocycles. The molecule has 2 aliphatic heterocycles. The van der Waals surface area contributed by atoms with Gasteiger partial charge in [0.25, 0.3) is 0 Å². The molecule has 2 heterocycles. The number of halogens is 3. The Balaban J connectivity index is 1.68. The quantitative estimate of drug-likeness (QED) is 0.649. The van der Waals surface area contributed by atoms with Crippen LogP contribution in [0.4, 0.5) is 13.2 Å². The van der Waals surface area contributed by atoms with Crippen molar-refractivity contribution in [1.29, 1.82) is 0 Å². The number of sulfonamides is 1. The molecule has 9 heteroatoms. The van der Waals surface area contributed by atoms with Crippen LogP contribution in [0.1, 0.15) is 6.42 Å². The fourth-order valence-corrected chi connectivity index (χ4v) is 4.55. The highest BCUT2D eigenvalue weighted by Crippen LogP contribution is 2.72. The zero-order valence-corrected chi connectivity index (χ0v) is 11.0. The van der Waals surface area contributed by atoms with Gasteiger partial charge < -0.3 is 10.6 Å². The maximum absolute atomic E-state index is 13.1. The van der Waals surface area contributed by atoms with Crippen molar-refractivity contribution >= 4 is 10.0 Å². The summed E-state index contributed by atoms with van der Waals surface area (Å²) in [4.78, 5) is 0. The average Bonchev–Trinajstić information content (AvgIpc) is 2.71. The first-order chi connectivity index (χ1) is 8.73. The first kappa shape index (κ1) is 13.6. The smallest absolute Gasteiger partial charge is 0.315 e. The summed E-state index contributed by atoms with van der Waals surface area (Å²) in [7, 11) is -3.50. The van der Waals surface area contributed by atoms with Gasteiger partial charge in [0.05, 0.1) is 5.41 Å². The minimum absolute atomic E-state index is 0.0158. The SMILES string of the molecule is O=S(=O)(NC[C@]12CNC[C@@]1(C(F)(F)F)C2)C1CNC1. The lowest BCUT2D eigenvalue weighted by Gasteiger charge is -2.28. The number of hydrogen-bond acceptors (Lipinski definition) is 4. The topological polar surface area (TPSA) is 70.2 Å². The second-order valence-electron chi connectivity index (χ2n) is 5.79. The molecule has 1 saturated carbocycles. The van der Waals surface area contributed by atoms with Gasteiger partial charge in [0.15, 0.2) is 0 Å². The molecule has 110 valence electrons. The minimum Gasteiger partial charge on any atom is -0.315 e. The number of rotatable bonds is 4. The Morgan fingerprint density at radius 1 is 1.21 bits per heavy atom. The van der Waals surface area contributed by atoms with E-state index in [1.807, 2.05) is 0 Å². The van der Waals surface area contributed by atoms with E-state index in [0.717, 1.165) is 0 Å². The molecule has 19 heavy (non-hydrogen) atoms. The predicted molar refractivity (Wildman–Crippen MR) is 62.0 cm³/mol. The van der Waals surface area contributed by atoms with Crippen molar-refractivity contribution in [2.24, 2.45) is 10.8 Å².